The Morgan fingerprint density at radius 2 is 2.41 bits per heavy atom. The van der Waals surface area contributed by atoms with Crippen molar-refractivity contribution in [2.45, 2.75) is 30.8 Å². The summed E-state index contributed by atoms with van der Waals surface area (Å²) in [5.41, 5.74) is 0. The maximum Gasteiger partial charge on any atom is 0.193 e. The predicted molar refractivity (Wildman–Crippen MR) is 82.4 cm³/mol. The van der Waals surface area contributed by atoms with Gasteiger partial charge in [-0.05, 0) is 12.7 Å². The number of thioether (sulfide) groups is 2. The third kappa shape index (κ3) is 5.00. The van der Waals surface area contributed by atoms with Gasteiger partial charge in [0.1, 0.15) is 0 Å². The lowest BCUT2D eigenvalue weighted by Gasteiger charge is -2.34. The Morgan fingerprint density at radius 1 is 1.65 bits per heavy atom. The number of nitrogens with zero attached hydrogens (tertiary/aromatic N) is 2. The molecule has 0 aromatic carbocycles. The molecule has 1 aliphatic rings. The van der Waals surface area contributed by atoms with E-state index in [0.717, 1.165) is 30.8 Å². The lowest BCUT2D eigenvalue weighted by molar-refractivity contribution is 0.408. The summed E-state index contributed by atoms with van der Waals surface area (Å²) < 4.78 is 0. The standard InChI is InChI=1S/C12H25N3S2/c1-5-11-9-15(6-7-17-11)12(13-3)14-8-10(2)16-4/h10-11H,5-9H2,1-4H3,(H,13,14). The monoisotopic (exact) mass is 275 g/mol. The Bertz CT molecular complexity index is 246. The van der Waals surface area contributed by atoms with Gasteiger partial charge in [0.05, 0.1) is 0 Å². The highest BCUT2D eigenvalue weighted by atomic mass is 32.2. The molecule has 0 saturated carbocycles. The van der Waals surface area contributed by atoms with Gasteiger partial charge < -0.3 is 10.2 Å². The molecular weight excluding hydrogens is 250 g/mol. The fourth-order valence-electron chi connectivity index (χ4n) is 1.81. The zero-order valence-electron chi connectivity index (χ0n) is 11.4. The molecule has 5 heteroatoms. The zero-order chi connectivity index (χ0) is 12.7. The van der Waals surface area contributed by atoms with E-state index >= 15 is 0 Å². The van der Waals surface area contributed by atoms with Crippen molar-refractivity contribution in [2.75, 3.05) is 38.7 Å². The van der Waals surface area contributed by atoms with Crippen molar-refractivity contribution in [3.63, 3.8) is 0 Å². The lowest BCUT2D eigenvalue weighted by atomic mass is 10.3. The van der Waals surface area contributed by atoms with E-state index in [1.165, 1.54) is 12.2 Å². The van der Waals surface area contributed by atoms with Crippen molar-refractivity contribution in [1.29, 1.82) is 0 Å². The van der Waals surface area contributed by atoms with E-state index in [-0.39, 0.29) is 0 Å². The van der Waals surface area contributed by atoms with Crippen LogP contribution < -0.4 is 5.32 Å². The fourth-order valence-corrected chi connectivity index (χ4v) is 3.24. The minimum absolute atomic E-state index is 0.632. The largest absolute Gasteiger partial charge is 0.355 e. The van der Waals surface area contributed by atoms with Crippen molar-refractivity contribution in [2.24, 2.45) is 4.99 Å². The smallest absolute Gasteiger partial charge is 0.193 e. The van der Waals surface area contributed by atoms with Gasteiger partial charge in [-0.15, -0.1) is 0 Å². The van der Waals surface area contributed by atoms with E-state index < -0.39 is 0 Å². The van der Waals surface area contributed by atoms with Crippen LogP contribution >= 0.6 is 23.5 Å². The van der Waals surface area contributed by atoms with Crippen LogP contribution in [0.25, 0.3) is 0 Å². The first kappa shape index (κ1) is 15.0. The second-order valence-corrected chi connectivity index (χ2v) is 7.01. The molecule has 1 fully saturated rings. The summed E-state index contributed by atoms with van der Waals surface area (Å²) in [6.45, 7) is 7.76. The molecule has 17 heavy (non-hydrogen) atoms. The van der Waals surface area contributed by atoms with Crippen LogP contribution in [0.3, 0.4) is 0 Å². The Balaban J connectivity index is 2.44. The molecule has 1 N–H and O–H groups in total. The highest BCUT2D eigenvalue weighted by molar-refractivity contribution is 8.00. The number of rotatable bonds is 4. The van der Waals surface area contributed by atoms with Crippen LogP contribution in [0.2, 0.25) is 0 Å². The number of guanidine groups is 1. The summed E-state index contributed by atoms with van der Waals surface area (Å²) in [6.07, 6.45) is 3.40. The summed E-state index contributed by atoms with van der Waals surface area (Å²) in [4.78, 5) is 6.80. The SMILES string of the molecule is CCC1CN(C(=NC)NCC(C)SC)CCS1. The van der Waals surface area contributed by atoms with Gasteiger partial charge in [-0.1, -0.05) is 13.8 Å². The van der Waals surface area contributed by atoms with E-state index in [0.29, 0.717) is 5.25 Å². The van der Waals surface area contributed by atoms with E-state index in [1.54, 1.807) is 0 Å². The number of nitrogens with one attached hydrogen (secondary N) is 1. The predicted octanol–water partition coefficient (Wildman–Crippen LogP) is 2.14. The van der Waals surface area contributed by atoms with Crippen molar-refractivity contribution in [1.82, 2.24) is 10.2 Å². The number of hydrogen-bond acceptors (Lipinski definition) is 3. The molecule has 0 bridgehead atoms. The summed E-state index contributed by atoms with van der Waals surface area (Å²) in [5, 5.41) is 4.88. The molecule has 1 saturated heterocycles. The molecule has 0 spiro atoms. The molecule has 2 unspecified atom stereocenters. The molecule has 0 aromatic rings. The minimum Gasteiger partial charge on any atom is -0.355 e. The Labute approximate surface area is 114 Å². The summed E-state index contributed by atoms with van der Waals surface area (Å²) in [6, 6.07) is 0. The molecule has 1 heterocycles. The van der Waals surface area contributed by atoms with Crippen LogP contribution in [-0.2, 0) is 0 Å². The second-order valence-electron chi connectivity index (χ2n) is 4.32. The molecule has 3 nitrogen and oxygen atoms in total. The third-order valence-electron chi connectivity index (χ3n) is 3.06. The Hall–Kier alpha value is -0.0300. The first-order valence-corrected chi connectivity index (χ1v) is 8.64. The Morgan fingerprint density at radius 3 is 3.00 bits per heavy atom. The molecule has 0 radical (unpaired) electrons. The number of aliphatic imine (C=N–C) groups is 1. The second kappa shape index (κ2) is 8.14. The molecule has 2 atom stereocenters. The van der Waals surface area contributed by atoms with Crippen LogP contribution in [-0.4, -0.2) is 60.0 Å². The van der Waals surface area contributed by atoms with E-state index in [4.69, 9.17) is 0 Å². The fraction of sp³-hybridized carbons (Fsp3) is 0.917. The summed E-state index contributed by atoms with van der Waals surface area (Å²) >= 11 is 3.98. The average molecular weight is 275 g/mol. The molecule has 100 valence electrons. The normalized spacial score (nSPS) is 23.6. The van der Waals surface area contributed by atoms with Crippen molar-refractivity contribution >= 4 is 29.5 Å². The van der Waals surface area contributed by atoms with Gasteiger partial charge in [0.25, 0.3) is 0 Å². The summed E-state index contributed by atoms with van der Waals surface area (Å²) in [5.74, 6) is 2.29. The topological polar surface area (TPSA) is 27.6 Å². The van der Waals surface area contributed by atoms with E-state index in [9.17, 15) is 0 Å². The molecule has 1 aliphatic heterocycles. The van der Waals surface area contributed by atoms with Gasteiger partial charge in [0, 0.05) is 42.9 Å². The maximum atomic E-state index is 4.40. The van der Waals surface area contributed by atoms with Crippen LogP contribution in [0.15, 0.2) is 4.99 Å². The first-order valence-electron chi connectivity index (χ1n) is 6.31. The van der Waals surface area contributed by atoms with Gasteiger partial charge in [0.15, 0.2) is 5.96 Å². The van der Waals surface area contributed by atoms with Crippen LogP contribution in [0.1, 0.15) is 20.3 Å². The highest BCUT2D eigenvalue weighted by Crippen LogP contribution is 2.21. The average Bonchev–Trinajstić information content (AvgIpc) is 2.39. The van der Waals surface area contributed by atoms with Gasteiger partial charge in [-0.3, -0.25) is 4.99 Å². The minimum atomic E-state index is 0.632. The molecular formula is C12H25N3S2. The van der Waals surface area contributed by atoms with Crippen molar-refractivity contribution in [3.8, 4) is 0 Å². The van der Waals surface area contributed by atoms with Crippen LogP contribution in [0.4, 0.5) is 0 Å². The lowest BCUT2D eigenvalue weighted by Crippen LogP contribution is -2.49. The molecule has 0 aliphatic carbocycles. The summed E-state index contributed by atoms with van der Waals surface area (Å²) in [7, 11) is 1.88. The van der Waals surface area contributed by atoms with Crippen molar-refractivity contribution in [3.05, 3.63) is 0 Å². The highest BCUT2D eigenvalue weighted by Gasteiger charge is 2.21. The van der Waals surface area contributed by atoms with E-state index in [1.807, 2.05) is 18.8 Å². The number of hydrogen-bond donors (Lipinski definition) is 1. The molecule has 0 amide bonds. The molecule has 0 aromatic heterocycles. The Kier molecular flexibility index (Phi) is 7.19. The quantitative estimate of drug-likeness (QED) is 0.628. The third-order valence-corrected chi connectivity index (χ3v) is 5.40. The van der Waals surface area contributed by atoms with Gasteiger partial charge in [-0.25, -0.2) is 0 Å². The molecule has 1 rings (SSSR count). The van der Waals surface area contributed by atoms with Crippen LogP contribution in [0.5, 0.6) is 0 Å². The first-order chi connectivity index (χ1) is 8.21. The van der Waals surface area contributed by atoms with E-state index in [2.05, 4.69) is 47.1 Å². The van der Waals surface area contributed by atoms with Gasteiger partial charge in [-0.2, -0.15) is 23.5 Å². The van der Waals surface area contributed by atoms with Gasteiger partial charge >= 0.3 is 0 Å². The zero-order valence-corrected chi connectivity index (χ0v) is 13.0. The van der Waals surface area contributed by atoms with Gasteiger partial charge in [0.2, 0.25) is 0 Å². The maximum absolute atomic E-state index is 4.40. The van der Waals surface area contributed by atoms with Crippen LogP contribution in [0, 0.1) is 0 Å². The van der Waals surface area contributed by atoms with Crippen molar-refractivity contribution < 1.29 is 0 Å².